The van der Waals surface area contributed by atoms with Crippen molar-refractivity contribution in [2.75, 3.05) is 13.2 Å². The van der Waals surface area contributed by atoms with Crippen LogP contribution in [0.3, 0.4) is 0 Å². The van der Waals surface area contributed by atoms with Crippen molar-refractivity contribution in [2.24, 2.45) is 0 Å². The first-order chi connectivity index (χ1) is 46.3. The van der Waals surface area contributed by atoms with Gasteiger partial charge in [0.1, 0.15) is 24.4 Å². The number of hydrogen-bond donors (Lipinski definition) is 6. The van der Waals surface area contributed by atoms with Crippen molar-refractivity contribution in [1.82, 2.24) is 5.32 Å². The van der Waals surface area contributed by atoms with Crippen LogP contribution < -0.4 is 5.32 Å². The number of nitrogens with one attached hydrogen (secondary N) is 1. The highest BCUT2D eigenvalue weighted by atomic mass is 16.7. The van der Waals surface area contributed by atoms with Gasteiger partial charge in [-0.25, -0.2) is 0 Å². The molecule has 0 aromatic carbocycles. The van der Waals surface area contributed by atoms with E-state index < -0.39 is 49.5 Å². The van der Waals surface area contributed by atoms with Crippen LogP contribution in [0.2, 0.25) is 0 Å². The summed E-state index contributed by atoms with van der Waals surface area (Å²) in [5.74, 6) is -0.184. The quantitative estimate of drug-likeness (QED) is 0.0261. The Bertz CT molecular complexity index is 1770. The Morgan fingerprint density at radius 3 is 1.02 bits per heavy atom. The van der Waals surface area contributed by atoms with Gasteiger partial charge in [0.2, 0.25) is 5.91 Å². The number of allylic oxidation sites excluding steroid dienone is 13. The Labute approximate surface area is 581 Å². The molecule has 0 bridgehead atoms. The fourth-order valence-electron chi connectivity index (χ4n) is 12.9. The zero-order valence-electron chi connectivity index (χ0n) is 61.7. The SMILES string of the molecule is CC/C=C\C/C=C\C/C=C\C/C=C\CCCCCCCCCCCCCCCCCCCCCCCCCCCCC(=O)NC(COC1OC(CO)C(O)C(O)C1O)C(O)/C=C/CC/C=C/CC/C=C/CCCCCCCCCCCCCCCCCCCCCCCC. The van der Waals surface area contributed by atoms with Gasteiger partial charge in [-0.1, -0.05) is 388 Å². The monoisotopic (exact) mass is 1320 g/mol. The van der Waals surface area contributed by atoms with Gasteiger partial charge in [-0.2, -0.15) is 0 Å². The topological polar surface area (TPSA) is 149 Å². The molecule has 1 rings (SSSR count). The van der Waals surface area contributed by atoms with Gasteiger partial charge in [-0.05, 0) is 83.5 Å². The summed E-state index contributed by atoms with van der Waals surface area (Å²) in [7, 11) is 0. The Morgan fingerprint density at radius 2 is 0.670 bits per heavy atom. The van der Waals surface area contributed by atoms with E-state index in [0.717, 1.165) is 70.6 Å². The van der Waals surface area contributed by atoms with Crippen LogP contribution in [0, 0.1) is 0 Å². The maximum Gasteiger partial charge on any atom is 0.220 e. The molecule has 0 saturated carbocycles. The molecule has 9 nitrogen and oxygen atoms in total. The van der Waals surface area contributed by atoms with Crippen LogP contribution in [0.25, 0.3) is 0 Å². The second kappa shape index (κ2) is 73.1. The molecule has 0 radical (unpaired) electrons. The Kier molecular flexibility index (Phi) is 69.5. The van der Waals surface area contributed by atoms with Gasteiger partial charge in [0.15, 0.2) is 6.29 Å². The Balaban J connectivity index is 2.08. The maximum absolute atomic E-state index is 13.2. The van der Waals surface area contributed by atoms with E-state index >= 15 is 0 Å². The highest BCUT2D eigenvalue weighted by Gasteiger charge is 2.44. The summed E-state index contributed by atoms with van der Waals surface area (Å²) in [6.45, 7) is 3.70. The fraction of sp³-hybridized carbons (Fsp3) is 0.824. The Hall–Kier alpha value is -2.63. The van der Waals surface area contributed by atoms with Crippen molar-refractivity contribution in [3.8, 4) is 0 Å². The van der Waals surface area contributed by atoms with Gasteiger partial charge in [0, 0.05) is 6.42 Å². The number of rotatable bonds is 72. The van der Waals surface area contributed by atoms with E-state index in [1.54, 1.807) is 6.08 Å². The number of unbranched alkanes of at least 4 members (excludes halogenated alkanes) is 50. The highest BCUT2D eigenvalue weighted by Crippen LogP contribution is 2.24. The van der Waals surface area contributed by atoms with E-state index in [2.05, 4.69) is 92.1 Å². The average Bonchev–Trinajstić information content (AvgIpc) is 0.829. The number of ether oxygens (including phenoxy) is 2. The lowest BCUT2D eigenvalue weighted by Gasteiger charge is -2.40. The van der Waals surface area contributed by atoms with Crippen LogP contribution in [0.5, 0.6) is 0 Å². The predicted octanol–water partition coefficient (Wildman–Crippen LogP) is 23.6. The number of aliphatic hydroxyl groups excluding tert-OH is 5. The number of aliphatic hydroxyl groups is 5. The molecule has 9 heteroatoms. The summed E-state index contributed by atoms with van der Waals surface area (Å²) in [6.07, 6.45) is 98.9. The fourth-order valence-corrected chi connectivity index (χ4v) is 12.9. The molecule has 0 spiro atoms. The second-order valence-corrected chi connectivity index (χ2v) is 28.2. The molecule has 7 atom stereocenters. The lowest BCUT2D eigenvalue weighted by Crippen LogP contribution is -2.60. The van der Waals surface area contributed by atoms with Crippen molar-refractivity contribution < 1.29 is 39.8 Å². The van der Waals surface area contributed by atoms with E-state index in [1.165, 1.54) is 302 Å². The van der Waals surface area contributed by atoms with Crippen LogP contribution >= 0.6 is 0 Å². The van der Waals surface area contributed by atoms with Crippen molar-refractivity contribution in [3.63, 3.8) is 0 Å². The zero-order valence-corrected chi connectivity index (χ0v) is 61.7. The van der Waals surface area contributed by atoms with Gasteiger partial charge in [-0.15, -0.1) is 0 Å². The molecule has 0 aromatic heterocycles. The summed E-state index contributed by atoms with van der Waals surface area (Å²) < 4.78 is 11.3. The smallest absolute Gasteiger partial charge is 0.220 e. The maximum atomic E-state index is 13.2. The molecular formula is C85H155NO8. The normalized spacial score (nSPS) is 18.0. The molecule has 1 saturated heterocycles. The average molecular weight is 1320 g/mol. The standard InChI is InChI=1S/C85H155NO8/c1-3-5-7-9-11-13-15-17-19-21-23-25-27-29-31-33-35-37-38-39-40-41-42-43-45-47-49-51-53-55-57-59-61-63-65-67-69-71-73-75-81(89)86-78(77-93-85-84(92)83(91)82(90)80(76-87)94-85)79(88)74-72-70-68-66-64-62-60-58-56-54-52-50-48-46-44-36-34-32-30-28-26-24-22-20-18-16-14-12-10-8-6-4-2/h5,7,11,13,17,19,23,25,56,58,64,66,72,74,78-80,82-85,87-88,90-92H,3-4,6,8-10,12,14-16,18,20-22,24,26-55,57,59-63,65,67-71,73,75-77H2,1-2H3,(H,86,89)/b7-5-,13-11-,19-17-,25-23-,58-56+,66-64+,74-72+. The minimum atomic E-state index is -1.58. The summed E-state index contributed by atoms with van der Waals surface area (Å²) in [5.41, 5.74) is 0. The van der Waals surface area contributed by atoms with Crippen LogP contribution in [0.4, 0.5) is 0 Å². The number of carbonyl (C=O) groups excluding carboxylic acids is 1. The first-order valence-corrected chi connectivity index (χ1v) is 40.8. The molecule has 1 heterocycles. The van der Waals surface area contributed by atoms with E-state index in [9.17, 15) is 30.3 Å². The molecule has 1 fully saturated rings. The minimum absolute atomic E-state index is 0.184. The molecule has 6 N–H and O–H groups in total. The van der Waals surface area contributed by atoms with Crippen LogP contribution in [0.1, 0.15) is 393 Å². The third-order valence-electron chi connectivity index (χ3n) is 19.2. The van der Waals surface area contributed by atoms with E-state index in [1.807, 2.05) is 6.08 Å². The minimum Gasteiger partial charge on any atom is -0.394 e. The second-order valence-electron chi connectivity index (χ2n) is 28.2. The number of carbonyl (C=O) groups is 1. The van der Waals surface area contributed by atoms with Crippen molar-refractivity contribution >= 4 is 5.91 Å². The summed E-state index contributed by atoms with van der Waals surface area (Å²) in [5, 5.41) is 54.9. The van der Waals surface area contributed by atoms with Gasteiger partial charge >= 0.3 is 0 Å². The zero-order chi connectivity index (χ0) is 67.8. The third-order valence-corrected chi connectivity index (χ3v) is 19.2. The van der Waals surface area contributed by atoms with Gasteiger partial charge in [0.05, 0.1) is 25.4 Å². The van der Waals surface area contributed by atoms with Crippen LogP contribution in [0.15, 0.2) is 85.1 Å². The van der Waals surface area contributed by atoms with Gasteiger partial charge < -0.3 is 40.3 Å². The molecule has 548 valence electrons. The van der Waals surface area contributed by atoms with Crippen molar-refractivity contribution in [1.29, 1.82) is 0 Å². The summed E-state index contributed by atoms with van der Waals surface area (Å²) in [4.78, 5) is 13.2. The Morgan fingerprint density at radius 1 is 0.372 bits per heavy atom. The molecule has 1 aliphatic heterocycles. The summed E-state index contributed by atoms with van der Waals surface area (Å²) in [6, 6.07) is -0.832. The molecule has 1 aliphatic rings. The largest absolute Gasteiger partial charge is 0.394 e. The lowest BCUT2D eigenvalue weighted by atomic mass is 9.99. The predicted molar refractivity (Wildman–Crippen MR) is 405 cm³/mol. The van der Waals surface area contributed by atoms with Gasteiger partial charge in [0.25, 0.3) is 0 Å². The molecule has 1 amide bonds. The molecule has 7 unspecified atom stereocenters. The molecular weight excluding hydrogens is 1160 g/mol. The van der Waals surface area contributed by atoms with E-state index in [4.69, 9.17) is 9.47 Å². The van der Waals surface area contributed by atoms with Crippen LogP contribution in [-0.4, -0.2) is 87.5 Å². The molecule has 94 heavy (non-hydrogen) atoms. The van der Waals surface area contributed by atoms with Crippen molar-refractivity contribution in [2.45, 2.75) is 436 Å². The highest BCUT2D eigenvalue weighted by molar-refractivity contribution is 5.76. The third kappa shape index (κ3) is 60.5. The van der Waals surface area contributed by atoms with E-state index in [-0.39, 0.29) is 12.5 Å². The summed E-state index contributed by atoms with van der Waals surface area (Å²) >= 11 is 0. The van der Waals surface area contributed by atoms with Gasteiger partial charge in [-0.3, -0.25) is 4.79 Å². The lowest BCUT2D eigenvalue weighted by molar-refractivity contribution is -0.302. The number of hydrogen-bond acceptors (Lipinski definition) is 8. The van der Waals surface area contributed by atoms with E-state index in [0.29, 0.717) is 6.42 Å². The molecule has 0 aliphatic carbocycles. The number of amides is 1. The van der Waals surface area contributed by atoms with Crippen molar-refractivity contribution in [3.05, 3.63) is 85.1 Å². The first kappa shape index (κ1) is 89.4. The first-order valence-electron chi connectivity index (χ1n) is 40.8. The molecule has 0 aromatic rings. The van der Waals surface area contributed by atoms with Crippen LogP contribution in [-0.2, 0) is 14.3 Å².